The first-order valence-corrected chi connectivity index (χ1v) is 2.55. The Morgan fingerprint density at radius 3 is 2.83 bits per heavy atom. The van der Waals surface area contributed by atoms with Crippen molar-refractivity contribution < 1.29 is 0 Å². The van der Waals surface area contributed by atoms with Crippen molar-refractivity contribution in [2.24, 2.45) is 0 Å². The van der Waals surface area contributed by atoms with Crippen molar-refractivity contribution >= 4 is 11.9 Å². The van der Waals surface area contributed by atoms with Crippen LogP contribution in [0.1, 0.15) is 0 Å². The highest BCUT2D eigenvalue weighted by Gasteiger charge is 1.98. The molecule has 0 unspecified atom stereocenters. The van der Waals surface area contributed by atoms with Gasteiger partial charge in [-0.25, -0.2) is 4.31 Å². The van der Waals surface area contributed by atoms with E-state index in [-0.39, 0.29) is 0 Å². The van der Waals surface area contributed by atoms with Crippen LogP contribution in [0.3, 0.4) is 0 Å². The molecule has 0 amide bonds. The van der Waals surface area contributed by atoms with E-state index in [4.69, 9.17) is 0 Å². The predicted molar refractivity (Wildman–Crippen MR) is 27.7 cm³/mol. The average Bonchev–Trinajstić information content (AvgIpc) is 1.86. The van der Waals surface area contributed by atoms with Crippen molar-refractivity contribution in [1.82, 2.24) is 4.31 Å². The summed E-state index contributed by atoms with van der Waals surface area (Å²) in [5.41, 5.74) is 0. The van der Waals surface area contributed by atoms with Crippen LogP contribution in [0.5, 0.6) is 0 Å². The van der Waals surface area contributed by atoms with Gasteiger partial charge in [0.15, 0.2) is 0 Å². The van der Waals surface area contributed by atoms with Crippen molar-refractivity contribution in [3.63, 3.8) is 0 Å². The van der Waals surface area contributed by atoms with E-state index < -0.39 is 0 Å². The summed E-state index contributed by atoms with van der Waals surface area (Å²) >= 11 is 1.64. The molecule has 0 spiro atoms. The van der Waals surface area contributed by atoms with E-state index in [0.717, 1.165) is 0 Å². The van der Waals surface area contributed by atoms with Gasteiger partial charge in [-0.1, -0.05) is 6.08 Å². The molecule has 0 saturated carbocycles. The second kappa shape index (κ2) is 1.67. The maximum atomic E-state index is 2.94. The van der Waals surface area contributed by atoms with Crippen LogP contribution >= 0.6 is 11.9 Å². The Morgan fingerprint density at radius 1 is 1.83 bits per heavy atom. The molecule has 0 aromatic rings. The zero-order valence-electron chi connectivity index (χ0n) is 3.51. The highest BCUT2D eigenvalue weighted by molar-refractivity contribution is 8.00. The van der Waals surface area contributed by atoms with Crippen LogP contribution < -0.4 is 0 Å². The van der Waals surface area contributed by atoms with Crippen LogP contribution in [-0.4, -0.2) is 11.4 Å². The molecule has 6 heavy (non-hydrogen) atoms. The number of hydrogen-bond acceptors (Lipinski definition) is 2. The first-order chi connectivity index (χ1) is 2.89. The molecule has 1 heterocycles. The molecule has 1 nitrogen and oxygen atoms in total. The highest BCUT2D eigenvalue weighted by atomic mass is 32.2. The second-order valence-electron chi connectivity index (χ2n) is 1.03. The van der Waals surface area contributed by atoms with Gasteiger partial charge in [-0.2, -0.15) is 0 Å². The average molecular weight is 99.2 g/mol. The topological polar surface area (TPSA) is 3.24 Å². The Labute approximate surface area is 42.2 Å². The van der Waals surface area contributed by atoms with Crippen LogP contribution in [0, 0.1) is 6.54 Å². The minimum absolute atomic E-state index is 1.64. The van der Waals surface area contributed by atoms with E-state index in [1.807, 2.05) is 22.8 Å². The molecule has 2 heteroatoms. The van der Waals surface area contributed by atoms with Gasteiger partial charge in [0, 0.05) is 0 Å². The Bertz CT molecular complexity index is 61.9. The van der Waals surface area contributed by atoms with E-state index in [2.05, 4.69) is 6.54 Å². The summed E-state index contributed by atoms with van der Waals surface area (Å²) in [5, 5.41) is 1.99. The fourth-order valence-corrected chi connectivity index (χ4v) is 0.714. The molecule has 1 aliphatic rings. The molecule has 32 valence electrons. The summed E-state index contributed by atoms with van der Waals surface area (Å²) in [7, 11) is 1.96. The van der Waals surface area contributed by atoms with Gasteiger partial charge in [0.2, 0.25) is 0 Å². The van der Waals surface area contributed by atoms with E-state index >= 15 is 0 Å². The van der Waals surface area contributed by atoms with Gasteiger partial charge in [0.05, 0.1) is 0 Å². The molecular formula is C4H5NS. The van der Waals surface area contributed by atoms with Gasteiger partial charge in [0.25, 0.3) is 0 Å². The van der Waals surface area contributed by atoms with E-state index in [9.17, 15) is 0 Å². The molecule has 0 aromatic carbocycles. The fourth-order valence-electron chi connectivity index (χ4n) is 0.288. The number of likely N-dealkylation sites (N-methyl/N-ethyl adjacent to an activating group) is 1. The number of rotatable bonds is 0. The first kappa shape index (κ1) is 4.22. The lowest BCUT2D eigenvalue weighted by Crippen LogP contribution is -1.94. The van der Waals surface area contributed by atoms with E-state index in [0.29, 0.717) is 0 Å². The maximum absolute atomic E-state index is 2.94. The van der Waals surface area contributed by atoms with Crippen LogP contribution in [0.4, 0.5) is 0 Å². The third kappa shape index (κ3) is 0.758. The molecule has 0 fully saturated rings. The SMILES string of the molecule is CN1[C]C=CS1. The molecule has 1 aliphatic heterocycles. The van der Waals surface area contributed by atoms with Crippen molar-refractivity contribution in [3.8, 4) is 0 Å². The summed E-state index contributed by atoms with van der Waals surface area (Å²) in [6, 6.07) is 0. The normalized spacial score (nSPS) is 22.8. The Hall–Kier alpha value is 0.0500. The van der Waals surface area contributed by atoms with Crippen LogP contribution in [0.2, 0.25) is 0 Å². The molecule has 0 bridgehead atoms. The summed E-state index contributed by atoms with van der Waals surface area (Å²) < 4.78 is 1.92. The van der Waals surface area contributed by atoms with Crippen molar-refractivity contribution in [1.29, 1.82) is 0 Å². The van der Waals surface area contributed by atoms with Crippen LogP contribution in [0.25, 0.3) is 0 Å². The monoisotopic (exact) mass is 99.0 g/mol. The quantitative estimate of drug-likeness (QED) is 0.419. The molecular weight excluding hydrogens is 94.1 g/mol. The number of nitrogens with zero attached hydrogens (tertiary/aromatic N) is 1. The summed E-state index contributed by atoms with van der Waals surface area (Å²) in [6.07, 6.45) is 1.89. The largest absolute Gasteiger partial charge is 0.235 e. The summed E-state index contributed by atoms with van der Waals surface area (Å²) in [6.45, 7) is 2.94. The minimum Gasteiger partial charge on any atom is -0.235 e. The maximum Gasteiger partial charge on any atom is 0.100 e. The standard InChI is InChI=1S/C4H5NS/c1-5-3-2-4-6-5/h2,4H,1H3. The number of hydrogen-bond donors (Lipinski definition) is 0. The van der Waals surface area contributed by atoms with Gasteiger partial charge >= 0.3 is 0 Å². The lowest BCUT2D eigenvalue weighted by molar-refractivity contribution is 0.733. The molecule has 0 N–H and O–H groups in total. The van der Waals surface area contributed by atoms with Gasteiger partial charge in [-0.3, -0.25) is 0 Å². The van der Waals surface area contributed by atoms with E-state index in [1.165, 1.54) is 0 Å². The highest BCUT2D eigenvalue weighted by Crippen LogP contribution is 2.16. The van der Waals surface area contributed by atoms with Gasteiger partial charge in [-0.15, -0.1) is 0 Å². The van der Waals surface area contributed by atoms with Crippen LogP contribution in [-0.2, 0) is 0 Å². The van der Waals surface area contributed by atoms with Gasteiger partial charge < -0.3 is 0 Å². The molecule has 0 saturated heterocycles. The third-order valence-corrected chi connectivity index (χ3v) is 1.22. The minimum atomic E-state index is 1.64. The lowest BCUT2D eigenvalue weighted by atomic mass is 10.6. The smallest absolute Gasteiger partial charge is 0.100 e. The summed E-state index contributed by atoms with van der Waals surface area (Å²) in [4.78, 5) is 0. The Morgan fingerprint density at radius 2 is 2.67 bits per heavy atom. The van der Waals surface area contributed by atoms with Gasteiger partial charge in [-0.05, 0) is 24.4 Å². The Kier molecular flexibility index (Phi) is 1.17. The molecule has 0 aromatic heterocycles. The van der Waals surface area contributed by atoms with Crippen LogP contribution in [0.15, 0.2) is 11.5 Å². The first-order valence-electron chi connectivity index (χ1n) is 1.71. The molecule has 1 rings (SSSR count). The van der Waals surface area contributed by atoms with E-state index in [1.54, 1.807) is 11.9 Å². The predicted octanol–water partition coefficient (Wildman–Crippen LogP) is 1.13. The van der Waals surface area contributed by atoms with Gasteiger partial charge in [0.1, 0.15) is 6.54 Å². The second-order valence-corrected chi connectivity index (χ2v) is 2.07. The third-order valence-electron chi connectivity index (χ3n) is 0.543. The van der Waals surface area contributed by atoms with Crippen molar-refractivity contribution in [2.75, 3.05) is 7.05 Å². The zero-order chi connectivity index (χ0) is 4.41. The summed E-state index contributed by atoms with van der Waals surface area (Å²) in [5.74, 6) is 0. The Balaban J connectivity index is 2.32. The molecule has 0 aliphatic carbocycles. The fraction of sp³-hybridized carbons (Fsp3) is 0.250. The molecule has 2 radical (unpaired) electrons. The van der Waals surface area contributed by atoms with Crippen molar-refractivity contribution in [2.45, 2.75) is 0 Å². The van der Waals surface area contributed by atoms with Crippen molar-refractivity contribution in [3.05, 3.63) is 18.0 Å². The lowest BCUT2D eigenvalue weighted by Gasteiger charge is -1.98. The zero-order valence-corrected chi connectivity index (χ0v) is 4.33. The molecule has 0 atom stereocenters.